The second-order valence-corrected chi connectivity index (χ2v) is 6.78. The van der Waals surface area contributed by atoms with E-state index in [0.29, 0.717) is 13.1 Å². The van der Waals surface area contributed by atoms with E-state index in [9.17, 15) is 9.18 Å². The van der Waals surface area contributed by atoms with Gasteiger partial charge in [-0.15, -0.1) is 12.4 Å². The second kappa shape index (κ2) is 9.69. The summed E-state index contributed by atoms with van der Waals surface area (Å²) in [5.74, 6) is 0.647. The molecule has 1 heterocycles. The predicted molar refractivity (Wildman–Crippen MR) is 103 cm³/mol. The fourth-order valence-corrected chi connectivity index (χ4v) is 2.76. The van der Waals surface area contributed by atoms with Crippen LogP contribution < -0.4 is 5.32 Å². The number of carbonyl (C=O) groups is 1. The van der Waals surface area contributed by atoms with E-state index in [4.69, 9.17) is 0 Å². The van der Waals surface area contributed by atoms with Crippen molar-refractivity contribution < 1.29 is 9.18 Å². The molecule has 1 aliphatic carbocycles. The number of hydrogen-bond donors (Lipinski definition) is 2. The number of rotatable bonds is 9. The molecule has 0 saturated heterocycles. The number of likely N-dealkylation sites (N-methyl/N-ethyl adjacent to an activating group) is 1. The Bertz CT molecular complexity index is 717. The fraction of sp³-hybridized carbons (Fsp3) is 0.474. The molecular weight excluding hydrogens is 355 g/mol. The summed E-state index contributed by atoms with van der Waals surface area (Å²) in [6, 6.07) is 8.35. The number of aryl methyl sites for hydroxylation is 1. The molecule has 1 fully saturated rings. The van der Waals surface area contributed by atoms with Crippen LogP contribution in [0, 0.1) is 11.7 Å². The van der Waals surface area contributed by atoms with Gasteiger partial charge in [-0.05, 0) is 56.3 Å². The molecule has 0 unspecified atom stereocenters. The van der Waals surface area contributed by atoms with E-state index in [0.717, 1.165) is 42.3 Å². The van der Waals surface area contributed by atoms with Crippen LogP contribution in [0.3, 0.4) is 0 Å². The first-order valence-corrected chi connectivity index (χ1v) is 8.87. The topological polar surface area (TPSA) is 61.0 Å². The van der Waals surface area contributed by atoms with Gasteiger partial charge in [-0.1, -0.05) is 12.1 Å². The number of hydrogen-bond acceptors (Lipinski definition) is 3. The number of benzene rings is 1. The van der Waals surface area contributed by atoms with Gasteiger partial charge in [0, 0.05) is 24.8 Å². The van der Waals surface area contributed by atoms with Crippen molar-refractivity contribution in [3.8, 4) is 11.3 Å². The van der Waals surface area contributed by atoms with Crippen molar-refractivity contribution in [2.24, 2.45) is 5.92 Å². The standard InChI is InChI=1S/C19H25FN4O.ClH/c1-24(19(25)13-21-12-14-7-8-14)9-3-6-17-11-18(23-22-17)15-4-2-5-16(20)10-15;/h2,4-5,10-11,14,21H,3,6-9,12-13H2,1H3,(H,22,23);1H. The van der Waals surface area contributed by atoms with Gasteiger partial charge in [0.15, 0.2) is 0 Å². The van der Waals surface area contributed by atoms with E-state index in [2.05, 4.69) is 15.5 Å². The summed E-state index contributed by atoms with van der Waals surface area (Å²) in [5, 5.41) is 10.5. The SMILES string of the molecule is CN(CCCc1cc(-c2cccc(F)c2)n[nH]1)C(=O)CNCC1CC1.Cl. The maximum atomic E-state index is 13.3. The maximum absolute atomic E-state index is 13.3. The van der Waals surface area contributed by atoms with Gasteiger partial charge >= 0.3 is 0 Å². The van der Waals surface area contributed by atoms with Crippen molar-refractivity contribution >= 4 is 18.3 Å². The first kappa shape index (κ1) is 20.4. The van der Waals surface area contributed by atoms with Gasteiger partial charge in [-0.25, -0.2) is 4.39 Å². The Kier molecular flexibility index (Phi) is 7.60. The molecule has 5 nitrogen and oxygen atoms in total. The molecule has 1 saturated carbocycles. The van der Waals surface area contributed by atoms with Crippen molar-refractivity contribution in [3.63, 3.8) is 0 Å². The molecule has 1 aromatic heterocycles. The van der Waals surface area contributed by atoms with Crippen molar-refractivity contribution in [2.75, 3.05) is 26.7 Å². The monoisotopic (exact) mass is 380 g/mol. The number of nitrogens with zero attached hydrogens (tertiary/aromatic N) is 2. The van der Waals surface area contributed by atoms with E-state index < -0.39 is 0 Å². The molecule has 2 N–H and O–H groups in total. The molecule has 0 atom stereocenters. The predicted octanol–water partition coefficient (Wildman–Crippen LogP) is 3.03. The number of aromatic amines is 1. The Morgan fingerprint density at radius 3 is 2.92 bits per heavy atom. The van der Waals surface area contributed by atoms with E-state index in [1.807, 2.05) is 19.2 Å². The summed E-state index contributed by atoms with van der Waals surface area (Å²) in [7, 11) is 1.84. The second-order valence-electron chi connectivity index (χ2n) is 6.78. The van der Waals surface area contributed by atoms with Crippen LogP contribution in [0.5, 0.6) is 0 Å². The van der Waals surface area contributed by atoms with E-state index >= 15 is 0 Å². The average Bonchev–Trinajstić information content (AvgIpc) is 3.30. The Balaban J connectivity index is 0.00000243. The zero-order valence-corrected chi connectivity index (χ0v) is 15.8. The minimum atomic E-state index is -0.266. The van der Waals surface area contributed by atoms with E-state index in [1.165, 1.54) is 25.0 Å². The van der Waals surface area contributed by atoms with Gasteiger partial charge < -0.3 is 10.2 Å². The summed E-state index contributed by atoms with van der Waals surface area (Å²) >= 11 is 0. The molecule has 0 spiro atoms. The molecule has 26 heavy (non-hydrogen) atoms. The van der Waals surface area contributed by atoms with Crippen molar-refractivity contribution in [1.82, 2.24) is 20.4 Å². The van der Waals surface area contributed by atoms with Gasteiger partial charge in [0.25, 0.3) is 0 Å². The van der Waals surface area contributed by atoms with Crippen LogP contribution in [0.15, 0.2) is 30.3 Å². The van der Waals surface area contributed by atoms with Gasteiger partial charge in [-0.2, -0.15) is 5.10 Å². The molecule has 0 aliphatic heterocycles. The molecule has 3 rings (SSSR count). The number of amides is 1. The molecule has 7 heteroatoms. The molecule has 2 aromatic rings. The minimum absolute atomic E-state index is 0. The van der Waals surface area contributed by atoms with E-state index in [1.54, 1.807) is 11.0 Å². The van der Waals surface area contributed by atoms with Crippen LogP contribution in [0.4, 0.5) is 4.39 Å². The van der Waals surface area contributed by atoms with E-state index in [-0.39, 0.29) is 24.1 Å². The van der Waals surface area contributed by atoms with Crippen LogP contribution in [0.1, 0.15) is 25.0 Å². The summed E-state index contributed by atoms with van der Waals surface area (Å²) in [5.41, 5.74) is 2.49. The lowest BCUT2D eigenvalue weighted by Crippen LogP contribution is -2.36. The average molecular weight is 381 g/mol. The van der Waals surface area contributed by atoms with Crippen LogP contribution in [0.2, 0.25) is 0 Å². The summed E-state index contributed by atoms with van der Waals surface area (Å²) in [4.78, 5) is 13.8. The lowest BCUT2D eigenvalue weighted by molar-refractivity contribution is -0.129. The molecule has 0 radical (unpaired) electrons. The first-order valence-electron chi connectivity index (χ1n) is 8.87. The third-order valence-corrected chi connectivity index (χ3v) is 4.52. The third kappa shape index (κ3) is 6.11. The van der Waals surface area contributed by atoms with Gasteiger partial charge in [0.05, 0.1) is 12.2 Å². The van der Waals surface area contributed by atoms with Gasteiger partial charge in [0.1, 0.15) is 5.82 Å². The normalized spacial score (nSPS) is 13.3. The zero-order chi connectivity index (χ0) is 17.6. The van der Waals surface area contributed by atoms with Crippen LogP contribution >= 0.6 is 12.4 Å². The number of carbonyl (C=O) groups excluding carboxylic acids is 1. The van der Waals surface area contributed by atoms with Crippen LogP contribution in [-0.2, 0) is 11.2 Å². The Morgan fingerprint density at radius 2 is 2.19 bits per heavy atom. The van der Waals surface area contributed by atoms with Gasteiger partial charge in [-0.3, -0.25) is 9.89 Å². The molecule has 1 aromatic carbocycles. The highest BCUT2D eigenvalue weighted by Gasteiger charge is 2.20. The number of nitrogens with one attached hydrogen (secondary N) is 2. The van der Waals surface area contributed by atoms with Gasteiger partial charge in [0.2, 0.25) is 5.91 Å². The summed E-state index contributed by atoms with van der Waals surface area (Å²) in [6.07, 6.45) is 4.24. The highest BCUT2D eigenvalue weighted by Crippen LogP contribution is 2.27. The third-order valence-electron chi connectivity index (χ3n) is 4.52. The molecule has 0 bridgehead atoms. The quantitative estimate of drug-likeness (QED) is 0.703. The molecule has 1 aliphatic rings. The minimum Gasteiger partial charge on any atom is -0.345 e. The Labute approximate surface area is 159 Å². The van der Waals surface area contributed by atoms with Crippen LogP contribution in [-0.4, -0.2) is 47.7 Å². The molecule has 142 valence electrons. The highest BCUT2D eigenvalue weighted by atomic mass is 35.5. The lowest BCUT2D eigenvalue weighted by atomic mass is 10.1. The Hall–Kier alpha value is -1.92. The lowest BCUT2D eigenvalue weighted by Gasteiger charge is -2.17. The first-order chi connectivity index (χ1) is 12.1. The van der Waals surface area contributed by atoms with Crippen molar-refractivity contribution in [2.45, 2.75) is 25.7 Å². The highest BCUT2D eigenvalue weighted by molar-refractivity contribution is 5.85. The van der Waals surface area contributed by atoms with Crippen molar-refractivity contribution in [3.05, 3.63) is 41.8 Å². The smallest absolute Gasteiger partial charge is 0.236 e. The summed E-state index contributed by atoms with van der Waals surface area (Å²) in [6.45, 7) is 2.08. The largest absolute Gasteiger partial charge is 0.345 e. The maximum Gasteiger partial charge on any atom is 0.236 e. The molecule has 1 amide bonds. The number of halogens is 2. The Morgan fingerprint density at radius 1 is 1.38 bits per heavy atom. The fourth-order valence-electron chi connectivity index (χ4n) is 2.76. The zero-order valence-electron chi connectivity index (χ0n) is 15.0. The van der Waals surface area contributed by atoms with Crippen LogP contribution in [0.25, 0.3) is 11.3 Å². The summed E-state index contributed by atoms with van der Waals surface area (Å²) < 4.78 is 13.3. The van der Waals surface area contributed by atoms with Crippen molar-refractivity contribution in [1.29, 1.82) is 0 Å². The number of aromatic nitrogens is 2. The molecular formula is C19H26ClFN4O. The number of H-pyrrole nitrogens is 1.